The zero-order valence-electron chi connectivity index (χ0n) is 7.11. The number of hydrogen-bond acceptors (Lipinski definition) is 2. The number of hydrogen-bond donors (Lipinski definition) is 1. The Morgan fingerprint density at radius 1 is 1.60 bits per heavy atom. The Bertz CT molecular complexity index is 101. The lowest BCUT2D eigenvalue weighted by molar-refractivity contribution is -0.120. The number of Topliss-reactive ketones (excluding diaryl/α,β-unsaturated/α-hetero) is 1. The molecule has 0 heterocycles. The molecule has 0 amide bonds. The van der Waals surface area contributed by atoms with E-state index in [1.807, 2.05) is 14.0 Å². The van der Waals surface area contributed by atoms with E-state index in [0.717, 1.165) is 19.3 Å². The molecule has 1 N–H and O–H groups in total. The Kier molecular flexibility index (Phi) is 5.22. The molecule has 0 aliphatic heterocycles. The average Bonchev–Trinajstić information content (AvgIpc) is 1.98. The van der Waals surface area contributed by atoms with E-state index in [0.29, 0.717) is 5.78 Å². The van der Waals surface area contributed by atoms with Gasteiger partial charge in [0, 0.05) is 6.42 Å². The van der Waals surface area contributed by atoms with Crippen LogP contribution in [0.5, 0.6) is 0 Å². The van der Waals surface area contributed by atoms with Gasteiger partial charge in [-0.25, -0.2) is 0 Å². The Morgan fingerprint density at radius 2 is 2.20 bits per heavy atom. The van der Waals surface area contributed by atoms with Crippen LogP contribution >= 0.6 is 0 Å². The smallest absolute Gasteiger partial charge is 0.149 e. The van der Waals surface area contributed by atoms with Crippen LogP contribution in [0.3, 0.4) is 0 Å². The zero-order chi connectivity index (χ0) is 7.98. The van der Waals surface area contributed by atoms with Gasteiger partial charge in [-0.1, -0.05) is 13.3 Å². The molecule has 2 heteroatoms. The van der Waals surface area contributed by atoms with Crippen molar-refractivity contribution in [2.45, 2.75) is 39.2 Å². The fourth-order valence-electron chi connectivity index (χ4n) is 0.729. The third kappa shape index (κ3) is 3.62. The van der Waals surface area contributed by atoms with Crippen molar-refractivity contribution in [2.24, 2.45) is 0 Å². The highest BCUT2D eigenvalue weighted by Gasteiger charge is 2.07. The largest absolute Gasteiger partial charge is 0.311 e. The summed E-state index contributed by atoms with van der Waals surface area (Å²) in [5.41, 5.74) is 0. The molecule has 0 aliphatic carbocycles. The molecule has 0 unspecified atom stereocenters. The number of nitrogens with one attached hydrogen (secondary N) is 1. The van der Waals surface area contributed by atoms with E-state index in [4.69, 9.17) is 0 Å². The van der Waals surface area contributed by atoms with Crippen LogP contribution < -0.4 is 5.32 Å². The molecule has 0 aromatic heterocycles. The van der Waals surface area contributed by atoms with Gasteiger partial charge in [0.2, 0.25) is 0 Å². The molecule has 0 fully saturated rings. The maximum absolute atomic E-state index is 11.1. The average molecular weight is 143 g/mol. The summed E-state index contributed by atoms with van der Waals surface area (Å²) in [5, 5.41) is 2.92. The number of likely N-dealkylation sites (N-methyl/N-ethyl adjacent to an activating group) is 1. The monoisotopic (exact) mass is 143 g/mol. The maximum Gasteiger partial charge on any atom is 0.149 e. The van der Waals surface area contributed by atoms with Gasteiger partial charge in [0.25, 0.3) is 0 Å². The third-order valence-corrected chi connectivity index (χ3v) is 1.69. The van der Waals surface area contributed by atoms with Gasteiger partial charge in [0.05, 0.1) is 6.04 Å². The molecule has 0 saturated carbocycles. The van der Waals surface area contributed by atoms with E-state index in [1.54, 1.807) is 0 Å². The van der Waals surface area contributed by atoms with Gasteiger partial charge in [-0.3, -0.25) is 4.79 Å². The second-order valence-corrected chi connectivity index (χ2v) is 2.58. The van der Waals surface area contributed by atoms with Crippen molar-refractivity contribution < 1.29 is 4.79 Å². The molecule has 0 saturated heterocycles. The molecule has 0 spiro atoms. The molecule has 0 rings (SSSR count). The molecule has 0 aromatic carbocycles. The normalized spacial score (nSPS) is 13.1. The highest BCUT2D eigenvalue weighted by molar-refractivity contribution is 5.83. The van der Waals surface area contributed by atoms with E-state index in [-0.39, 0.29) is 6.04 Å². The van der Waals surface area contributed by atoms with Crippen molar-refractivity contribution >= 4 is 5.78 Å². The first-order valence-corrected chi connectivity index (χ1v) is 3.92. The van der Waals surface area contributed by atoms with Crippen LogP contribution in [-0.2, 0) is 4.79 Å². The van der Waals surface area contributed by atoms with Crippen LogP contribution in [0.1, 0.15) is 33.1 Å². The van der Waals surface area contributed by atoms with Crippen LogP contribution in [0, 0.1) is 0 Å². The first-order valence-electron chi connectivity index (χ1n) is 3.92. The quantitative estimate of drug-likeness (QED) is 0.629. The molecule has 10 heavy (non-hydrogen) atoms. The molecule has 0 aromatic rings. The van der Waals surface area contributed by atoms with Crippen LogP contribution in [0.2, 0.25) is 0 Å². The summed E-state index contributed by atoms with van der Waals surface area (Å²) < 4.78 is 0. The van der Waals surface area contributed by atoms with Gasteiger partial charge in [-0.05, 0) is 20.4 Å². The van der Waals surface area contributed by atoms with Gasteiger partial charge in [0.15, 0.2) is 0 Å². The summed E-state index contributed by atoms with van der Waals surface area (Å²) in [6.45, 7) is 4.00. The predicted molar refractivity (Wildman–Crippen MR) is 43.1 cm³/mol. The summed E-state index contributed by atoms with van der Waals surface area (Å²) >= 11 is 0. The molecular formula is C8H17NO. The van der Waals surface area contributed by atoms with Crippen LogP contribution in [0.4, 0.5) is 0 Å². The summed E-state index contributed by atoms with van der Waals surface area (Å²) in [6.07, 6.45) is 2.84. The molecule has 0 bridgehead atoms. The molecule has 1 atom stereocenters. The number of carbonyl (C=O) groups excluding carboxylic acids is 1. The minimum Gasteiger partial charge on any atom is -0.311 e. The predicted octanol–water partition coefficient (Wildman–Crippen LogP) is 1.35. The van der Waals surface area contributed by atoms with Gasteiger partial charge in [-0.15, -0.1) is 0 Å². The second-order valence-electron chi connectivity index (χ2n) is 2.58. The zero-order valence-corrected chi connectivity index (χ0v) is 7.11. The van der Waals surface area contributed by atoms with Gasteiger partial charge >= 0.3 is 0 Å². The summed E-state index contributed by atoms with van der Waals surface area (Å²) in [6, 6.07) is 0.0338. The van der Waals surface area contributed by atoms with Crippen molar-refractivity contribution in [3.05, 3.63) is 0 Å². The Hall–Kier alpha value is -0.370. The van der Waals surface area contributed by atoms with Crippen LogP contribution in [-0.4, -0.2) is 18.9 Å². The van der Waals surface area contributed by atoms with Crippen LogP contribution in [0.25, 0.3) is 0 Å². The highest BCUT2D eigenvalue weighted by atomic mass is 16.1. The lowest BCUT2D eigenvalue weighted by Crippen LogP contribution is -2.30. The van der Waals surface area contributed by atoms with E-state index in [9.17, 15) is 4.79 Å². The lowest BCUT2D eigenvalue weighted by atomic mass is 10.1. The van der Waals surface area contributed by atoms with Crippen molar-refractivity contribution in [3.8, 4) is 0 Å². The summed E-state index contributed by atoms with van der Waals surface area (Å²) in [5.74, 6) is 0.323. The number of rotatable bonds is 5. The first kappa shape index (κ1) is 9.63. The SMILES string of the molecule is CCCCC(=O)[C@H](C)NC. The topological polar surface area (TPSA) is 29.1 Å². The van der Waals surface area contributed by atoms with Gasteiger partial charge in [0.1, 0.15) is 5.78 Å². The lowest BCUT2D eigenvalue weighted by Gasteiger charge is -2.06. The summed E-state index contributed by atoms with van der Waals surface area (Å²) in [7, 11) is 1.81. The first-order chi connectivity index (χ1) is 4.72. The van der Waals surface area contributed by atoms with Crippen molar-refractivity contribution in [3.63, 3.8) is 0 Å². The second kappa shape index (κ2) is 5.42. The molecule has 0 radical (unpaired) electrons. The molecule has 2 nitrogen and oxygen atoms in total. The fourth-order valence-corrected chi connectivity index (χ4v) is 0.729. The Labute approximate surface area is 63.0 Å². The molecule has 60 valence electrons. The fraction of sp³-hybridized carbons (Fsp3) is 0.875. The Morgan fingerprint density at radius 3 is 2.60 bits per heavy atom. The van der Waals surface area contributed by atoms with Crippen molar-refractivity contribution in [1.82, 2.24) is 5.32 Å². The van der Waals surface area contributed by atoms with E-state index in [2.05, 4.69) is 12.2 Å². The maximum atomic E-state index is 11.1. The van der Waals surface area contributed by atoms with Gasteiger partial charge < -0.3 is 5.32 Å². The van der Waals surface area contributed by atoms with Crippen molar-refractivity contribution in [2.75, 3.05) is 7.05 Å². The van der Waals surface area contributed by atoms with Gasteiger partial charge in [-0.2, -0.15) is 0 Å². The van der Waals surface area contributed by atoms with E-state index < -0.39 is 0 Å². The highest BCUT2D eigenvalue weighted by Crippen LogP contribution is 1.97. The molecular weight excluding hydrogens is 126 g/mol. The molecule has 0 aliphatic rings. The summed E-state index contributed by atoms with van der Waals surface area (Å²) in [4.78, 5) is 11.1. The third-order valence-electron chi connectivity index (χ3n) is 1.69. The van der Waals surface area contributed by atoms with Crippen LogP contribution in [0.15, 0.2) is 0 Å². The number of unbranched alkanes of at least 4 members (excludes halogenated alkanes) is 1. The number of carbonyl (C=O) groups is 1. The number of ketones is 1. The van der Waals surface area contributed by atoms with E-state index in [1.165, 1.54) is 0 Å². The van der Waals surface area contributed by atoms with E-state index >= 15 is 0 Å². The van der Waals surface area contributed by atoms with Crippen molar-refractivity contribution in [1.29, 1.82) is 0 Å². The minimum atomic E-state index is 0.0338. The standard InChI is InChI=1S/C8H17NO/c1-4-5-6-8(10)7(2)9-3/h7,9H,4-6H2,1-3H3/t7-/m0/s1. The Balaban J connectivity index is 3.42. The minimum absolute atomic E-state index is 0.0338.